The topological polar surface area (TPSA) is 21.7 Å². The summed E-state index contributed by atoms with van der Waals surface area (Å²) in [6, 6.07) is 5.94. The van der Waals surface area contributed by atoms with Gasteiger partial charge in [-0.3, -0.25) is 0 Å². The van der Waals surface area contributed by atoms with E-state index in [1.54, 1.807) is 0 Å². The molecule has 34 heavy (non-hydrogen) atoms. The molecule has 2 fully saturated rings. The molecule has 186 valence electrons. The van der Waals surface area contributed by atoms with Gasteiger partial charge in [0.2, 0.25) is 0 Å². The van der Waals surface area contributed by atoms with E-state index in [4.69, 9.17) is 9.47 Å². The molecule has 0 spiro atoms. The Labute approximate surface area is 192 Å². The molecule has 0 aromatic heterocycles. The molecule has 2 heterocycles. The SMILES string of the molecule is CCCOc1cc(C(F)(F)F)ccc1OC1CC2CCC(C1)N2c1ccc(C(F)(F)F)c(F)c1. The summed E-state index contributed by atoms with van der Waals surface area (Å²) in [5, 5.41) is 0. The van der Waals surface area contributed by atoms with E-state index < -0.39 is 29.3 Å². The predicted octanol–water partition coefficient (Wildman–Crippen LogP) is 7.23. The smallest absolute Gasteiger partial charge is 0.419 e. The van der Waals surface area contributed by atoms with Crippen molar-refractivity contribution in [1.29, 1.82) is 0 Å². The summed E-state index contributed by atoms with van der Waals surface area (Å²) in [4.78, 5) is 1.93. The Balaban J connectivity index is 1.51. The molecule has 4 rings (SSSR count). The molecule has 2 aromatic rings. The average molecular weight is 491 g/mol. The molecule has 2 bridgehead atoms. The highest BCUT2D eigenvalue weighted by atomic mass is 19.4. The van der Waals surface area contributed by atoms with Crippen LogP contribution in [0.15, 0.2) is 36.4 Å². The van der Waals surface area contributed by atoms with E-state index in [1.165, 1.54) is 12.1 Å². The normalized spacial score (nSPS) is 22.7. The zero-order chi connectivity index (χ0) is 24.7. The van der Waals surface area contributed by atoms with E-state index in [9.17, 15) is 30.7 Å². The third-order valence-corrected chi connectivity index (χ3v) is 6.27. The first-order valence-electron chi connectivity index (χ1n) is 11.1. The third kappa shape index (κ3) is 5.05. The summed E-state index contributed by atoms with van der Waals surface area (Å²) in [5.41, 5.74) is -1.74. The molecular formula is C24H24F7NO2. The van der Waals surface area contributed by atoms with Gasteiger partial charge in [0.25, 0.3) is 0 Å². The maximum Gasteiger partial charge on any atom is 0.419 e. The molecule has 2 saturated heterocycles. The van der Waals surface area contributed by atoms with Crippen LogP contribution in [0.3, 0.4) is 0 Å². The van der Waals surface area contributed by atoms with Gasteiger partial charge in [-0.05, 0) is 55.7 Å². The minimum atomic E-state index is -4.76. The maximum atomic E-state index is 14.1. The predicted molar refractivity (Wildman–Crippen MR) is 112 cm³/mol. The van der Waals surface area contributed by atoms with Crippen LogP contribution in [-0.2, 0) is 12.4 Å². The molecular weight excluding hydrogens is 467 g/mol. The Kier molecular flexibility index (Phi) is 6.61. The minimum Gasteiger partial charge on any atom is -0.490 e. The molecule has 0 saturated carbocycles. The van der Waals surface area contributed by atoms with Gasteiger partial charge >= 0.3 is 12.4 Å². The van der Waals surface area contributed by atoms with Crippen molar-refractivity contribution in [1.82, 2.24) is 0 Å². The lowest BCUT2D eigenvalue weighted by Gasteiger charge is -2.40. The number of rotatable bonds is 6. The van der Waals surface area contributed by atoms with Gasteiger partial charge in [-0.15, -0.1) is 0 Å². The van der Waals surface area contributed by atoms with Gasteiger partial charge in [-0.1, -0.05) is 6.92 Å². The summed E-state index contributed by atoms with van der Waals surface area (Å²) in [6.07, 6.45) is -6.43. The van der Waals surface area contributed by atoms with Gasteiger partial charge in [0, 0.05) is 30.6 Å². The fourth-order valence-electron chi connectivity index (χ4n) is 4.83. The summed E-state index contributed by atoms with van der Waals surface area (Å²) in [6.45, 7) is 2.08. The number of hydrogen-bond donors (Lipinski definition) is 0. The second-order valence-electron chi connectivity index (χ2n) is 8.67. The van der Waals surface area contributed by atoms with Gasteiger partial charge in [0.15, 0.2) is 11.5 Å². The molecule has 2 aromatic carbocycles. The van der Waals surface area contributed by atoms with Gasteiger partial charge in [0.1, 0.15) is 11.9 Å². The standard InChI is InChI=1S/C24H24F7NO2/c1-2-9-33-22-10-14(23(26,27)28)3-8-21(22)34-18-11-15-4-5-16(12-18)32(15)17-6-7-19(20(25)13-17)24(29,30)31/h3,6-8,10,13,15-16,18H,2,4-5,9,11-12H2,1H3. The molecule has 0 N–H and O–H groups in total. The Morgan fingerprint density at radius 3 is 2.12 bits per heavy atom. The monoisotopic (exact) mass is 491 g/mol. The average Bonchev–Trinajstić information content (AvgIpc) is 3.01. The molecule has 0 radical (unpaired) electrons. The van der Waals surface area contributed by atoms with Gasteiger partial charge in [-0.2, -0.15) is 26.3 Å². The molecule has 2 unspecified atom stereocenters. The van der Waals surface area contributed by atoms with Gasteiger partial charge in [0.05, 0.1) is 17.7 Å². The first-order chi connectivity index (χ1) is 16.0. The number of ether oxygens (including phenoxy) is 2. The van der Waals surface area contributed by atoms with E-state index in [2.05, 4.69) is 0 Å². The summed E-state index contributed by atoms with van der Waals surface area (Å²) >= 11 is 0. The lowest BCUT2D eigenvalue weighted by atomic mass is 9.98. The fourth-order valence-corrected chi connectivity index (χ4v) is 4.83. The highest BCUT2D eigenvalue weighted by Crippen LogP contribution is 2.43. The van der Waals surface area contributed by atoms with Crippen LogP contribution in [0.4, 0.5) is 36.4 Å². The molecule has 0 aliphatic carbocycles. The third-order valence-electron chi connectivity index (χ3n) is 6.27. The van der Waals surface area contributed by atoms with Crippen LogP contribution in [0.1, 0.15) is 50.2 Å². The van der Waals surface area contributed by atoms with E-state index in [-0.39, 0.29) is 36.3 Å². The van der Waals surface area contributed by atoms with Crippen molar-refractivity contribution >= 4 is 5.69 Å². The molecule has 2 atom stereocenters. The van der Waals surface area contributed by atoms with Gasteiger partial charge in [-0.25, -0.2) is 4.39 Å². The van der Waals surface area contributed by atoms with Crippen molar-refractivity contribution in [2.45, 2.75) is 69.6 Å². The number of anilines is 1. The number of hydrogen-bond acceptors (Lipinski definition) is 3. The lowest BCUT2D eigenvalue weighted by molar-refractivity contribution is -0.140. The van der Waals surface area contributed by atoms with Crippen molar-refractivity contribution in [2.75, 3.05) is 11.5 Å². The highest BCUT2D eigenvalue weighted by molar-refractivity contribution is 5.52. The fraction of sp³-hybridized carbons (Fsp3) is 0.500. The number of benzene rings is 2. The van der Waals surface area contributed by atoms with Crippen molar-refractivity contribution in [3.8, 4) is 11.5 Å². The van der Waals surface area contributed by atoms with Crippen LogP contribution in [0, 0.1) is 5.82 Å². The first-order valence-corrected chi connectivity index (χ1v) is 11.1. The molecule has 3 nitrogen and oxygen atoms in total. The van der Waals surface area contributed by atoms with E-state index in [0.29, 0.717) is 24.9 Å². The zero-order valence-electron chi connectivity index (χ0n) is 18.3. The number of halogens is 7. The van der Waals surface area contributed by atoms with Crippen LogP contribution in [0.25, 0.3) is 0 Å². The summed E-state index contributed by atoms with van der Waals surface area (Å²) in [7, 11) is 0. The lowest BCUT2D eigenvalue weighted by Crippen LogP contribution is -2.46. The summed E-state index contributed by atoms with van der Waals surface area (Å²) < 4.78 is 104. The molecule has 0 amide bonds. The van der Waals surface area contributed by atoms with E-state index in [0.717, 1.165) is 37.1 Å². The van der Waals surface area contributed by atoms with Crippen LogP contribution >= 0.6 is 0 Å². The van der Waals surface area contributed by atoms with E-state index >= 15 is 0 Å². The number of alkyl halides is 6. The summed E-state index contributed by atoms with van der Waals surface area (Å²) in [5.74, 6) is -1.07. The Morgan fingerprint density at radius 1 is 0.882 bits per heavy atom. The van der Waals surface area contributed by atoms with Crippen molar-refractivity contribution in [2.24, 2.45) is 0 Å². The Bertz CT molecular complexity index is 1010. The van der Waals surface area contributed by atoms with Crippen molar-refractivity contribution < 1.29 is 40.2 Å². The molecule has 2 aliphatic heterocycles. The number of fused-ring (bicyclic) bond motifs is 2. The van der Waals surface area contributed by atoms with Crippen LogP contribution in [0.5, 0.6) is 11.5 Å². The number of nitrogens with zero attached hydrogens (tertiary/aromatic N) is 1. The second-order valence-corrected chi connectivity index (χ2v) is 8.67. The second kappa shape index (κ2) is 9.19. The van der Waals surface area contributed by atoms with Crippen LogP contribution in [0.2, 0.25) is 0 Å². The Hall–Kier alpha value is -2.65. The van der Waals surface area contributed by atoms with E-state index in [1.807, 2.05) is 11.8 Å². The van der Waals surface area contributed by atoms with Gasteiger partial charge < -0.3 is 14.4 Å². The number of piperidine rings is 1. The zero-order valence-corrected chi connectivity index (χ0v) is 18.3. The van der Waals surface area contributed by atoms with Crippen molar-refractivity contribution in [3.05, 3.63) is 53.3 Å². The van der Waals surface area contributed by atoms with Crippen LogP contribution < -0.4 is 14.4 Å². The largest absolute Gasteiger partial charge is 0.490 e. The van der Waals surface area contributed by atoms with Crippen LogP contribution in [-0.4, -0.2) is 24.8 Å². The minimum absolute atomic E-state index is 0.0243. The highest BCUT2D eigenvalue weighted by Gasteiger charge is 2.43. The quantitative estimate of drug-likeness (QED) is 0.398. The molecule has 2 aliphatic rings. The van der Waals surface area contributed by atoms with Crippen molar-refractivity contribution in [3.63, 3.8) is 0 Å². The maximum absolute atomic E-state index is 14.1. The molecule has 10 heteroatoms. The first kappa shape index (κ1) is 24.5. The Morgan fingerprint density at radius 2 is 1.56 bits per heavy atom.